The number of benzene rings is 1. The largest absolute Gasteiger partial charge is 0.494 e. The number of rotatable bonds is 10. The first-order valence-corrected chi connectivity index (χ1v) is 7.84. The standard InChI is InChI=1S/C18H29NO/c1-5-12-19(13-6-2)15-17-8-10-18(11-9-17)16(4)20-14-7-3/h8-11H,4-7,12-15H2,1-3H3. The van der Waals surface area contributed by atoms with Crippen LogP contribution in [0.4, 0.5) is 0 Å². The Kier molecular flexibility index (Phi) is 8.05. The molecule has 0 aromatic heterocycles. The van der Waals surface area contributed by atoms with E-state index in [0.29, 0.717) is 0 Å². The van der Waals surface area contributed by atoms with E-state index in [9.17, 15) is 0 Å². The Hall–Kier alpha value is -1.28. The molecular formula is C18H29NO. The van der Waals surface area contributed by atoms with E-state index < -0.39 is 0 Å². The summed E-state index contributed by atoms with van der Waals surface area (Å²) in [6, 6.07) is 8.61. The molecule has 112 valence electrons. The van der Waals surface area contributed by atoms with Crippen LogP contribution in [0.25, 0.3) is 5.76 Å². The van der Waals surface area contributed by atoms with Crippen molar-refractivity contribution in [3.05, 3.63) is 42.0 Å². The van der Waals surface area contributed by atoms with E-state index in [4.69, 9.17) is 4.74 Å². The summed E-state index contributed by atoms with van der Waals surface area (Å²) in [5, 5.41) is 0. The van der Waals surface area contributed by atoms with Gasteiger partial charge in [0.1, 0.15) is 5.76 Å². The van der Waals surface area contributed by atoms with Crippen molar-refractivity contribution < 1.29 is 4.74 Å². The first kappa shape index (κ1) is 16.8. The van der Waals surface area contributed by atoms with Crippen molar-refractivity contribution in [1.29, 1.82) is 0 Å². The van der Waals surface area contributed by atoms with E-state index in [-0.39, 0.29) is 0 Å². The second-order valence-electron chi connectivity index (χ2n) is 5.24. The van der Waals surface area contributed by atoms with Crippen molar-refractivity contribution in [2.24, 2.45) is 0 Å². The minimum atomic E-state index is 0.737. The molecule has 0 amide bonds. The van der Waals surface area contributed by atoms with Gasteiger partial charge in [0.2, 0.25) is 0 Å². The average Bonchev–Trinajstić information content (AvgIpc) is 2.46. The molecule has 0 fully saturated rings. The molecule has 0 aliphatic rings. The Morgan fingerprint density at radius 3 is 2.10 bits per heavy atom. The number of ether oxygens (including phenoxy) is 1. The molecule has 0 aliphatic carbocycles. The molecular weight excluding hydrogens is 246 g/mol. The van der Waals surface area contributed by atoms with Gasteiger partial charge < -0.3 is 4.74 Å². The minimum absolute atomic E-state index is 0.737. The highest BCUT2D eigenvalue weighted by Crippen LogP contribution is 2.16. The highest BCUT2D eigenvalue weighted by Gasteiger charge is 2.05. The molecule has 0 bridgehead atoms. The van der Waals surface area contributed by atoms with E-state index >= 15 is 0 Å². The van der Waals surface area contributed by atoms with Crippen molar-refractivity contribution >= 4 is 5.76 Å². The molecule has 20 heavy (non-hydrogen) atoms. The summed E-state index contributed by atoms with van der Waals surface area (Å²) >= 11 is 0. The van der Waals surface area contributed by atoms with Gasteiger partial charge in [-0.25, -0.2) is 0 Å². The Morgan fingerprint density at radius 2 is 1.60 bits per heavy atom. The Labute approximate surface area is 124 Å². The zero-order valence-corrected chi connectivity index (χ0v) is 13.3. The van der Waals surface area contributed by atoms with Crippen LogP contribution < -0.4 is 0 Å². The molecule has 0 heterocycles. The zero-order chi connectivity index (χ0) is 14.8. The lowest BCUT2D eigenvalue weighted by Crippen LogP contribution is -2.24. The van der Waals surface area contributed by atoms with E-state index in [1.165, 1.54) is 31.5 Å². The average molecular weight is 275 g/mol. The highest BCUT2D eigenvalue weighted by atomic mass is 16.5. The van der Waals surface area contributed by atoms with Gasteiger partial charge in [0, 0.05) is 12.1 Å². The lowest BCUT2D eigenvalue weighted by Gasteiger charge is -2.21. The molecule has 0 saturated heterocycles. The smallest absolute Gasteiger partial charge is 0.119 e. The Balaban J connectivity index is 2.58. The van der Waals surface area contributed by atoms with E-state index in [1.54, 1.807) is 0 Å². The van der Waals surface area contributed by atoms with Gasteiger partial charge >= 0.3 is 0 Å². The molecule has 0 N–H and O–H groups in total. The maximum absolute atomic E-state index is 5.57. The fraction of sp³-hybridized carbons (Fsp3) is 0.556. The van der Waals surface area contributed by atoms with Gasteiger partial charge in [-0.15, -0.1) is 0 Å². The lowest BCUT2D eigenvalue weighted by atomic mass is 10.1. The summed E-state index contributed by atoms with van der Waals surface area (Å²) in [5.74, 6) is 0.775. The lowest BCUT2D eigenvalue weighted by molar-refractivity contribution is 0.266. The molecule has 0 spiro atoms. The third-order valence-corrected chi connectivity index (χ3v) is 3.24. The fourth-order valence-corrected chi connectivity index (χ4v) is 2.27. The maximum Gasteiger partial charge on any atom is 0.119 e. The normalized spacial score (nSPS) is 10.8. The minimum Gasteiger partial charge on any atom is -0.494 e. The zero-order valence-electron chi connectivity index (χ0n) is 13.3. The SMILES string of the molecule is C=C(OCCC)c1ccc(CN(CCC)CCC)cc1. The van der Waals surface area contributed by atoms with Gasteiger partial charge in [0.15, 0.2) is 0 Å². The Morgan fingerprint density at radius 1 is 1.00 bits per heavy atom. The Bertz CT molecular complexity index is 377. The summed E-state index contributed by atoms with van der Waals surface area (Å²) < 4.78 is 5.57. The molecule has 2 heteroatoms. The summed E-state index contributed by atoms with van der Waals surface area (Å²) in [7, 11) is 0. The third-order valence-electron chi connectivity index (χ3n) is 3.24. The van der Waals surface area contributed by atoms with Crippen molar-refractivity contribution in [3.63, 3.8) is 0 Å². The highest BCUT2D eigenvalue weighted by molar-refractivity contribution is 5.57. The molecule has 0 atom stereocenters. The van der Waals surface area contributed by atoms with Crippen LogP contribution in [0, 0.1) is 0 Å². The van der Waals surface area contributed by atoms with Crippen LogP contribution in [-0.2, 0) is 11.3 Å². The summed E-state index contributed by atoms with van der Waals surface area (Å²) in [6.07, 6.45) is 3.43. The second-order valence-corrected chi connectivity index (χ2v) is 5.24. The van der Waals surface area contributed by atoms with Crippen LogP contribution in [0.15, 0.2) is 30.8 Å². The number of hydrogen-bond acceptors (Lipinski definition) is 2. The van der Waals surface area contributed by atoms with Gasteiger partial charge in [0.05, 0.1) is 6.61 Å². The van der Waals surface area contributed by atoms with Gasteiger partial charge in [-0.2, -0.15) is 0 Å². The molecule has 0 radical (unpaired) electrons. The first-order chi connectivity index (χ1) is 9.71. The monoisotopic (exact) mass is 275 g/mol. The van der Waals surface area contributed by atoms with Crippen LogP contribution in [0.1, 0.15) is 51.2 Å². The molecule has 1 aromatic carbocycles. The molecule has 0 aliphatic heterocycles. The van der Waals surface area contributed by atoms with Crippen molar-refractivity contribution in [2.45, 2.75) is 46.6 Å². The summed E-state index contributed by atoms with van der Waals surface area (Å²) in [5.41, 5.74) is 2.44. The second kappa shape index (κ2) is 9.60. The van der Waals surface area contributed by atoms with E-state index in [0.717, 1.165) is 30.9 Å². The molecule has 1 rings (SSSR count). The van der Waals surface area contributed by atoms with Crippen LogP contribution in [0.5, 0.6) is 0 Å². The third kappa shape index (κ3) is 5.79. The molecule has 0 saturated carbocycles. The summed E-state index contributed by atoms with van der Waals surface area (Å²) in [6.45, 7) is 14.7. The molecule has 2 nitrogen and oxygen atoms in total. The van der Waals surface area contributed by atoms with Crippen molar-refractivity contribution in [3.8, 4) is 0 Å². The van der Waals surface area contributed by atoms with Crippen LogP contribution in [-0.4, -0.2) is 24.6 Å². The van der Waals surface area contributed by atoms with Gasteiger partial charge in [-0.3, -0.25) is 4.90 Å². The number of hydrogen-bond donors (Lipinski definition) is 0. The van der Waals surface area contributed by atoms with E-state index in [2.05, 4.69) is 56.5 Å². The van der Waals surface area contributed by atoms with Gasteiger partial charge in [-0.1, -0.05) is 51.6 Å². The van der Waals surface area contributed by atoms with Crippen LogP contribution in [0.3, 0.4) is 0 Å². The number of nitrogens with zero attached hydrogens (tertiary/aromatic N) is 1. The van der Waals surface area contributed by atoms with E-state index in [1.807, 2.05) is 0 Å². The summed E-state index contributed by atoms with van der Waals surface area (Å²) in [4.78, 5) is 2.51. The molecule has 1 aromatic rings. The maximum atomic E-state index is 5.57. The topological polar surface area (TPSA) is 12.5 Å². The van der Waals surface area contributed by atoms with Gasteiger partial charge in [0.25, 0.3) is 0 Å². The van der Waals surface area contributed by atoms with Gasteiger partial charge in [-0.05, 0) is 37.9 Å². The quantitative estimate of drug-likeness (QED) is 0.574. The predicted octanol–water partition coefficient (Wildman–Crippen LogP) is 4.71. The predicted molar refractivity (Wildman–Crippen MR) is 87.6 cm³/mol. The van der Waals surface area contributed by atoms with Crippen molar-refractivity contribution in [2.75, 3.05) is 19.7 Å². The van der Waals surface area contributed by atoms with Crippen molar-refractivity contribution in [1.82, 2.24) is 4.90 Å². The first-order valence-electron chi connectivity index (χ1n) is 7.84. The fourth-order valence-electron chi connectivity index (χ4n) is 2.27. The molecule has 0 unspecified atom stereocenters. The van der Waals surface area contributed by atoms with Crippen LogP contribution >= 0.6 is 0 Å². The van der Waals surface area contributed by atoms with Crippen LogP contribution in [0.2, 0.25) is 0 Å².